The molecule has 1 saturated heterocycles. The summed E-state index contributed by atoms with van der Waals surface area (Å²) in [6.45, 7) is 4.87. The number of benzene rings is 2. The zero-order valence-corrected chi connectivity index (χ0v) is 18.1. The van der Waals surface area contributed by atoms with E-state index in [-0.39, 0.29) is 11.7 Å². The molecule has 1 aliphatic rings. The van der Waals surface area contributed by atoms with Crippen molar-refractivity contribution in [1.82, 2.24) is 20.0 Å². The van der Waals surface area contributed by atoms with E-state index >= 15 is 0 Å². The van der Waals surface area contributed by atoms with Crippen LogP contribution in [0.5, 0.6) is 5.75 Å². The molecule has 32 heavy (non-hydrogen) atoms. The van der Waals surface area contributed by atoms with Crippen molar-refractivity contribution < 1.29 is 18.7 Å². The van der Waals surface area contributed by atoms with Crippen LogP contribution in [-0.4, -0.2) is 67.1 Å². The lowest BCUT2D eigenvalue weighted by molar-refractivity contribution is 0.0374. The summed E-state index contributed by atoms with van der Waals surface area (Å²) in [4.78, 5) is 15.4. The second-order valence-electron chi connectivity index (χ2n) is 7.60. The average Bonchev–Trinajstić information content (AvgIpc) is 3.28. The Kier molecular flexibility index (Phi) is 7.14. The van der Waals surface area contributed by atoms with Gasteiger partial charge in [-0.15, -0.1) is 0 Å². The van der Waals surface area contributed by atoms with Gasteiger partial charge in [0.1, 0.15) is 17.3 Å². The molecule has 0 radical (unpaired) electrons. The maximum absolute atomic E-state index is 13.3. The first-order chi connectivity index (χ1) is 15.6. The van der Waals surface area contributed by atoms with Gasteiger partial charge < -0.3 is 14.8 Å². The molecule has 1 N–H and O–H groups in total. The van der Waals surface area contributed by atoms with Gasteiger partial charge >= 0.3 is 0 Å². The number of hydrogen-bond acceptors (Lipinski definition) is 5. The number of morpholine rings is 1. The number of halogens is 1. The summed E-state index contributed by atoms with van der Waals surface area (Å²) in [5, 5.41) is 7.63. The van der Waals surface area contributed by atoms with Gasteiger partial charge in [0.05, 0.1) is 31.7 Å². The molecular formula is C24H27FN4O3. The van der Waals surface area contributed by atoms with E-state index in [0.29, 0.717) is 23.7 Å². The second kappa shape index (κ2) is 10.4. The van der Waals surface area contributed by atoms with E-state index in [9.17, 15) is 9.18 Å². The van der Waals surface area contributed by atoms with Gasteiger partial charge in [-0.3, -0.25) is 9.69 Å². The first-order valence-corrected chi connectivity index (χ1v) is 10.7. The number of ether oxygens (including phenoxy) is 2. The van der Waals surface area contributed by atoms with Gasteiger partial charge in [0.25, 0.3) is 5.91 Å². The van der Waals surface area contributed by atoms with Gasteiger partial charge in [0, 0.05) is 25.2 Å². The number of hydrogen-bond donors (Lipinski definition) is 1. The molecule has 8 heteroatoms. The Morgan fingerprint density at radius 3 is 2.53 bits per heavy atom. The topological polar surface area (TPSA) is 68.6 Å². The summed E-state index contributed by atoms with van der Waals surface area (Å²) >= 11 is 0. The lowest BCUT2D eigenvalue weighted by atomic mass is 10.1. The van der Waals surface area contributed by atoms with E-state index in [2.05, 4.69) is 15.3 Å². The fourth-order valence-electron chi connectivity index (χ4n) is 3.64. The average molecular weight is 439 g/mol. The minimum atomic E-state index is -0.318. The lowest BCUT2D eigenvalue weighted by Crippen LogP contribution is -2.38. The fourth-order valence-corrected chi connectivity index (χ4v) is 3.64. The summed E-state index contributed by atoms with van der Waals surface area (Å²) in [6.07, 6.45) is 0.854. The van der Waals surface area contributed by atoms with Gasteiger partial charge in [-0.1, -0.05) is 0 Å². The molecule has 0 unspecified atom stereocenters. The minimum absolute atomic E-state index is 0.205. The van der Waals surface area contributed by atoms with Gasteiger partial charge in [-0.2, -0.15) is 5.10 Å². The summed E-state index contributed by atoms with van der Waals surface area (Å²) in [6, 6.07) is 15.1. The summed E-state index contributed by atoms with van der Waals surface area (Å²) in [5.74, 6) is 0.194. The van der Waals surface area contributed by atoms with Crippen LogP contribution in [0.15, 0.2) is 54.6 Å². The second-order valence-corrected chi connectivity index (χ2v) is 7.60. The molecule has 3 aromatic rings. The number of carbonyl (C=O) groups is 1. The van der Waals surface area contributed by atoms with Crippen LogP contribution in [0, 0.1) is 5.82 Å². The summed E-state index contributed by atoms with van der Waals surface area (Å²) in [7, 11) is 1.60. The highest BCUT2D eigenvalue weighted by Gasteiger charge is 2.18. The molecule has 7 nitrogen and oxygen atoms in total. The number of methoxy groups -OCH3 is 1. The molecule has 2 heterocycles. The van der Waals surface area contributed by atoms with Gasteiger partial charge in [-0.25, -0.2) is 9.07 Å². The van der Waals surface area contributed by atoms with Crippen LogP contribution in [0.4, 0.5) is 4.39 Å². The van der Waals surface area contributed by atoms with Crippen LogP contribution < -0.4 is 10.1 Å². The molecule has 2 aromatic carbocycles. The number of carbonyl (C=O) groups excluding carboxylic acids is 1. The van der Waals surface area contributed by atoms with Gasteiger partial charge in [0.15, 0.2) is 0 Å². The quantitative estimate of drug-likeness (QED) is 0.548. The number of nitrogens with one attached hydrogen (secondary N) is 1. The number of nitrogens with zero attached hydrogens (tertiary/aromatic N) is 3. The molecule has 1 amide bonds. The van der Waals surface area contributed by atoms with Crippen molar-refractivity contribution >= 4 is 5.91 Å². The van der Waals surface area contributed by atoms with Crippen LogP contribution in [-0.2, 0) is 4.74 Å². The normalized spacial score (nSPS) is 14.3. The maximum Gasteiger partial charge on any atom is 0.270 e. The molecule has 4 rings (SSSR count). The Hall–Kier alpha value is -3.23. The zero-order valence-electron chi connectivity index (χ0n) is 18.1. The predicted octanol–water partition coefficient (Wildman–Crippen LogP) is 3.14. The van der Waals surface area contributed by atoms with Crippen LogP contribution in [0.1, 0.15) is 16.9 Å². The molecule has 0 aliphatic carbocycles. The standard InChI is InChI=1S/C24H27FN4O3/c1-31-21-9-7-20(8-10-21)29-23(17-22(27-29)18-3-5-19(25)6-4-18)24(30)26-11-2-12-28-13-15-32-16-14-28/h3-10,17H,2,11-16H2,1H3,(H,26,30). The molecule has 1 aromatic heterocycles. The van der Waals surface area contributed by atoms with Crippen molar-refractivity contribution in [3.8, 4) is 22.7 Å². The van der Waals surface area contributed by atoms with E-state index in [1.807, 2.05) is 24.3 Å². The van der Waals surface area contributed by atoms with Gasteiger partial charge in [-0.05, 0) is 67.6 Å². The Morgan fingerprint density at radius 1 is 1.12 bits per heavy atom. The van der Waals surface area contributed by atoms with Crippen LogP contribution >= 0.6 is 0 Å². The Labute approximate surface area is 186 Å². The highest BCUT2D eigenvalue weighted by molar-refractivity contribution is 5.94. The van der Waals surface area contributed by atoms with E-state index in [1.165, 1.54) is 12.1 Å². The van der Waals surface area contributed by atoms with E-state index in [1.54, 1.807) is 30.0 Å². The maximum atomic E-state index is 13.3. The lowest BCUT2D eigenvalue weighted by Gasteiger charge is -2.26. The predicted molar refractivity (Wildman–Crippen MR) is 120 cm³/mol. The van der Waals surface area contributed by atoms with Crippen molar-refractivity contribution in [3.63, 3.8) is 0 Å². The molecule has 0 spiro atoms. The highest BCUT2D eigenvalue weighted by atomic mass is 19.1. The minimum Gasteiger partial charge on any atom is -0.497 e. The van der Waals surface area contributed by atoms with Crippen molar-refractivity contribution in [2.75, 3.05) is 46.5 Å². The van der Waals surface area contributed by atoms with Crippen molar-refractivity contribution in [1.29, 1.82) is 0 Å². The Bertz CT molecular complexity index is 1030. The van der Waals surface area contributed by atoms with Crippen molar-refractivity contribution in [2.24, 2.45) is 0 Å². The first-order valence-electron chi connectivity index (χ1n) is 10.7. The summed E-state index contributed by atoms with van der Waals surface area (Å²) in [5.41, 5.74) is 2.48. The van der Waals surface area contributed by atoms with Crippen LogP contribution in [0.25, 0.3) is 16.9 Å². The van der Waals surface area contributed by atoms with Crippen LogP contribution in [0.3, 0.4) is 0 Å². The molecular weight excluding hydrogens is 411 g/mol. The van der Waals surface area contributed by atoms with E-state index < -0.39 is 0 Å². The largest absolute Gasteiger partial charge is 0.497 e. The zero-order chi connectivity index (χ0) is 22.3. The molecule has 0 bridgehead atoms. The highest BCUT2D eigenvalue weighted by Crippen LogP contribution is 2.23. The fraction of sp³-hybridized carbons (Fsp3) is 0.333. The molecule has 1 fully saturated rings. The number of rotatable bonds is 8. The van der Waals surface area contributed by atoms with E-state index in [0.717, 1.165) is 50.5 Å². The van der Waals surface area contributed by atoms with Crippen molar-refractivity contribution in [2.45, 2.75) is 6.42 Å². The Morgan fingerprint density at radius 2 is 1.84 bits per heavy atom. The third-order valence-electron chi connectivity index (χ3n) is 5.44. The van der Waals surface area contributed by atoms with E-state index in [4.69, 9.17) is 9.47 Å². The van der Waals surface area contributed by atoms with Crippen molar-refractivity contribution in [3.05, 3.63) is 66.1 Å². The van der Waals surface area contributed by atoms with Gasteiger partial charge in [0.2, 0.25) is 0 Å². The molecule has 1 aliphatic heterocycles. The Balaban J connectivity index is 1.51. The monoisotopic (exact) mass is 438 g/mol. The number of aromatic nitrogens is 2. The third kappa shape index (κ3) is 5.33. The third-order valence-corrected chi connectivity index (χ3v) is 5.44. The van der Waals surface area contributed by atoms with Crippen LogP contribution in [0.2, 0.25) is 0 Å². The molecule has 168 valence electrons. The summed E-state index contributed by atoms with van der Waals surface area (Å²) < 4.78 is 25.5. The molecule has 0 atom stereocenters. The molecule has 0 saturated carbocycles. The SMILES string of the molecule is COc1ccc(-n2nc(-c3ccc(F)cc3)cc2C(=O)NCCCN2CCOCC2)cc1. The smallest absolute Gasteiger partial charge is 0.270 e. The number of amides is 1. The first kappa shape index (κ1) is 22.0.